The standard InChI is InChI=1S/C11H18F2N2O/c1-15(5-4-8-2-3-8)10(16)9-6-11(12,13)7-14-9/h8-9,14H,2-7H2,1H3. The lowest BCUT2D eigenvalue weighted by Crippen LogP contribution is -2.42. The number of nitrogens with zero attached hydrogens (tertiary/aromatic N) is 1. The van der Waals surface area contributed by atoms with Gasteiger partial charge in [-0.15, -0.1) is 0 Å². The molecule has 1 heterocycles. The molecule has 92 valence electrons. The number of carbonyl (C=O) groups excluding carboxylic acids is 1. The van der Waals surface area contributed by atoms with Gasteiger partial charge < -0.3 is 4.90 Å². The zero-order valence-corrected chi connectivity index (χ0v) is 9.51. The van der Waals surface area contributed by atoms with Gasteiger partial charge in [-0.25, -0.2) is 8.78 Å². The Morgan fingerprint density at radius 2 is 2.19 bits per heavy atom. The molecule has 1 saturated carbocycles. The molecule has 5 heteroatoms. The number of rotatable bonds is 4. The quantitative estimate of drug-likeness (QED) is 0.791. The third kappa shape index (κ3) is 2.90. The summed E-state index contributed by atoms with van der Waals surface area (Å²) < 4.78 is 25.8. The molecule has 1 N–H and O–H groups in total. The monoisotopic (exact) mass is 232 g/mol. The van der Waals surface area contributed by atoms with Crippen LogP contribution in [0, 0.1) is 5.92 Å². The number of hydrogen-bond donors (Lipinski definition) is 1. The summed E-state index contributed by atoms with van der Waals surface area (Å²) in [6, 6.07) is -0.695. The summed E-state index contributed by atoms with van der Waals surface area (Å²) >= 11 is 0. The van der Waals surface area contributed by atoms with Crippen LogP contribution in [0.4, 0.5) is 8.78 Å². The second-order valence-electron chi connectivity index (χ2n) is 4.99. The van der Waals surface area contributed by atoms with Crippen molar-refractivity contribution in [3.05, 3.63) is 0 Å². The molecule has 2 aliphatic rings. The molecule has 0 bridgehead atoms. The normalized spacial score (nSPS) is 28.1. The van der Waals surface area contributed by atoms with Crippen LogP contribution in [-0.2, 0) is 4.79 Å². The van der Waals surface area contributed by atoms with E-state index in [4.69, 9.17) is 0 Å². The Morgan fingerprint density at radius 3 is 2.69 bits per heavy atom. The molecule has 3 nitrogen and oxygen atoms in total. The van der Waals surface area contributed by atoms with Gasteiger partial charge in [-0.2, -0.15) is 0 Å². The van der Waals surface area contributed by atoms with Gasteiger partial charge in [-0.1, -0.05) is 12.8 Å². The Hall–Kier alpha value is -0.710. The Kier molecular flexibility index (Phi) is 3.15. The summed E-state index contributed by atoms with van der Waals surface area (Å²) in [5.74, 6) is -2.16. The van der Waals surface area contributed by atoms with E-state index in [1.165, 1.54) is 12.8 Å². The van der Waals surface area contributed by atoms with Crippen molar-refractivity contribution in [1.29, 1.82) is 0 Å². The van der Waals surface area contributed by atoms with Crippen LogP contribution in [0.3, 0.4) is 0 Å². The highest BCUT2D eigenvalue weighted by Gasteiger charge is 2.43. The Morgan fingerprint density at radius 1 is 1.50 bits per heavy atom. The molecule has 0 radical (unpaired) electrons. The zero-order valence-electron chi connectivity index (χ0n) is 9.51. The molecule has 1 saturated heterocycles. The lowest BCUT2D eigenvalue weighted by Gasteiger charge is -2.20. The van der Waals surface area contributed by atoms with Crippen LogP contribution in [0.1, 0.15) is 25.7 Å². The van der Waals surface area contributed by atoms with Crippen LogP contribution >= 0.6 is 0 Å². The summed E-state index contributed by atoms with van der Waals surface area (Å²) in [4.78, 5) is 13.4. The van der Waals surface area contributed by atoms with E-state index in [2.05, 4.69) is 5.32 Å². The predicted molar refractivity (Wildman–Crippen MR) is 56.3 cm³/mol. The molecule has 0 aromatic rings. The summed E-state index contributed by atoms with van der Waals surface area (Å²) in [6.45, 7) is 0.313. The van der Waals surface area contributed by atoms with E-state index in [0.717, 1.165) is 12.3 Å². The van der Waals surface area contributed by atoms with Gasteiger partial charge in [0.2, 0.25) is 5.91 Å². The van der Waals surface area contributed by atoms with Gasteiger partial charge in [-0.3, -0.25) is 10.1 Å². The van der Waals surface area contributed by atoms with Crippen LogP contribution in [0.5, 0.6) is 0 Å². The summed E-state index contributed by atoms with van der Waals surface area (Å²) in [5.41, 5.74) is 0. The molecule has 1 aliphatic heterocycles. The number of halogens is 2. The van der Waals surface area contributed by atoms with E-state index in [0.29, 0.717) is 6.54 Å². The highest BCUT2D eigenvalue weighted by molar-refractivity contribution is 5.82. The number of alkyl halides is 2. The predicted octanol–water partition coefficient (Wildman–Crippen LogP) is 1.24. The van der Waals surface area contributed by atoms with E-state index in [9.17, 15) is 13.6 Å². The van der Waals surface area contributed by atoms with Crippen LogP contribution < -0.4 is 5.32 Å². The van der Waals surface area contributed by atoms with Gasteiger partial charge in [0.15, 0.2) is 0 Å². The molecular weight excluding hydrogens is 214 g/mol. The molecule has 1 unspecified atom stereocenters. The first-order chi connectivity index (χ1) is 7.48. The van der Waals surface area contributed by atoms with Gasteiger partial charge in [0.1, 0.15) is 0 Å². The maximum atomic E-state index is 12.9. The summed E-state index contributed by atoms with van der Waals surface area (Å²) in [7, 11) is 1.70. The van der Waals surface area contributed by atoms with Crippen LogP contribution in [0.15, 0.2) is 0 Å². The van der Waals surface area contributed by atoms with Crippen molar-refractivity contribution in [2.45, 2.75) is 37.6 Å². The van der Waals surface area contributed by atoms with Crippen molar-refractivity contribution in [2.24, 2.45) is 5.92 Å². The lowest BCUT2D eigenvalue weighted by molar-refractivity contribution is -0.132. The minimum atomic E-state index is -2.72. The molecule has 0 aromatic carbocycles. The van der Waals surface area contributed by atoms with Crippen molar-refractivity contribution in [1.82, 2.24) is 10.2 Å². The first-order valence-corrected chi connectivity index (χ1v) is 5.84. The third-order valence-electron chi connectivity index (χ3n) is 3.35. The Bertz CT molecular complexity index is 279. The van der Waals surface area contributed by atoms with Crippen molar-refractivity contribution in [2.75, 3.05) is 20.1 Å². The van der Waals surface area contributed by atoms with Gasteiger partial charge in [0, 0.05) is 20.0 Å². The van der Waals surface area contributed by atoms with E-state index in [1.54, 1.807) is 11.9 Å². The molecule has 2 fully saturated rings. The van der Waals surface area contributed by atoms with Crippen LogP contribution in [0.2, 0.25) is 0 Å². The highest BCUT2D eigenvalue weighted by Crippen LogP contribution is 2.32. The molecule has 1 atom stereocenters. The topological polar surface area (TPSA) is 32.3 Å². The molecular formula is C11H18F2N2O. The minimum Gasteiger partial charge on any atom is -0.344 e. The number of carbonyl (C=O) groups is 1. The first-order valence-electron chi connectivity index (χ1n) is 5.84. The summed E-state index contributed by atoms with van der Waals surface area (Å²) in [6.07, 6.45) is 3.15. The molecule has 1 aliphatic carbocycles. The lowest BCUT2D eigenvalue weighted by atomic mass is 10.1. The van der Waals surface area contributed by atoms with E-state index < -0.39 is 12.0 Å². The Balaban J connectivity index is 1.77. The van der Waals surface area contributed by atoms with E-state index >= 15 is 0 Å². The van der Waals surface area contributed by atoms with Gasteiger partial charge >= 0.3 is 0 Å². The average molecular weight is 232 g/mol. The van der Waals surface area contributed by atoms with E-state index in [1.807, 2.05) is 0 Å². The fourth-order valence-electron chi connectivity index (χ4n) is 2.05. The Labute approximate surface area is 94.2 Å². The third-order valence-corrected chi connectivity index (χ3v) is 3.35. The molecule has 16 heavy (non-hydrogen) atoms. The SMILES string of the molecule is CN(CCC1CC1)C(=O)C1CC(F)(F)CN1. The zero-order chi connectivity index (χ0) is 11.8. The van der Waals surface area contributed by atoms with Crippen molar-refractivity contribution < 1.29 is 13.6 Å². The molecule has 0 aromatic heterocycles. The highest BCUT2D eigenvalue weighted by atomic mass is 19.3. The fourth-order valence-corrected chi connectivity index (χ4v) is 2.05. The maximum absolute atomic E-state index is 12.9. The van der Waals surface area contributed by atoms with Gasteiger partial charge in [0.25, 0.3) is 5.92 Å². The number of hydrogen-bond acceptors (Lipinski definition) is 2. The molecule has 0 spiro atoms. The minimum absolute atomic E-state index is 0.196. The van der Waals surface area contributed by atoms with E-state index in [-0.39, 0.29) is 18.9 Å². The smallest absolute Gasteiger partial charge is 0.262 e. The molecule has 2 rings (SSSR count). The van der Waals surface area contributed by atoms with Crippen LogP contribution in [-0.4, -0.2) is 42.9 Å². The fraction of sp³-hybridized carbons (Fsp3) is 0.909. The maximum Gasteiger partial charge on any atom is 0.262 e. The summed E-state index contributed by atoms with van der Waals surface area (Å²) in [5, 5.41) is 2.59. The molecule has 1 amide bonds. The van der Waals surface area contributed by atoms with Crippen molar-refractivity contribution in [3.8, 4) is 0 Å². The number of nitrogens with one attached hydrogen (secondary N) is 1. The average Bonchev–Trinajstić information content (AvgIpc) is 2.98. The first kappa shape index (κ1) is 11.8. The second-order valence-corrected chi connectivity index (χ2v) is 4.99. The van der Waals surface area contributed by atoms with Crippen LogP contribution in [0.25, 0.3) is 0 Å². The van der Waals surface area contributed by atoms with Gasteiger partial charge in [-0.05, 0) is 12.3 Å². The second kappa shape index (κ2) is 4.28. The number of amides is 1. The van der Waals surface area contributed by atoms with Crippen molar-refractivity contribution in [3.63, 3.8) is 0 Å². The largest absolute Gasteiger partial charge is 0.344 e. The van der Waals surface area contributed by atoms with Gasteiger partial charge in [0.05, 0.1) is 12.6 Å². The van der Waals surface area contributed by atoms with Crippen molar-refractivity contribution >= 4 is 5.91 Å². The number of likely N-dealkylation sites (N-methyl/N-ethyl adjacent to an activating group) is 1.